The van der Waals surface area contributed by atoms with Crippen LogP contribution in [0, 0.1) is 25.5 Å². The van der Waals surface area contributed by atoms with Crippen LogP contribution >= 0.6 is 0 Å². The molecule has 0 aliphatic heterocycles. The Morgan fingerprint density at radius 3 is 2.59 bits per heavy atom. The van der Waals surface area contributed by atoms with E-state index in [2.05, 4.69) is 20.3 Å². The molecule has 0 unspecified atom stereocenters. The number of aryl methyl sites for hydroxylation is 2. The van der Waals surface area contributed by atoms with Crippen LogP contribution in [0.3, 0.4) is 0 Å². The number of aromatic nitrogens is 5. The molecule has 3 aromatic heterocycles. The molecule has 0 amide bonds. The predicted octanol–water partition coefficient (Wildman–Crippen LogP) is 6.24. The van der Waals surface area contributed by atoms with Gasteiger partial charge in [0.1, 0.15) is 11.6 Å². The Kier molecular flexibility index (Phi) is 5.72. The van der Waals surface area contributed by atoms with E-state index in [0.29, 0.717) is 22.7 Å². The Labute approximate surface area is 221 Å². The van der Waals surface area contributed by atoms with E-state index < -0.39 is 11.6 Å². The average Bonchev–Trinajstić information content (AvgIpc) is 3.65. The van der Waals surface area contributed by atoms with Gasteiger partial charge in [0.15, 0.2) is 11.6 Å². The third kappa shape index (κ3) is 4.11. The molecule has 39 heavy (non-hydrogen) atoms. The largest absolute Gasteiger partial charge is 0.454 e. The first-order valence-electron chi connectivity index (χ1n) is 12.0. The molecular formula is C29H22F2N6O2. The maximum atomic E-state index is 14.0. The highest BCUT2D eigenvalue weighted by molar-refractivity contribution is 6.13. The van der Waals surface area contributed by atoms with E-state index in [0.717, 1.165) is 33.8 Å². The summed E-state index contributed by atoms with van der Waals surface area (Å²) in [6.45, 7) is 3.74. The second kappa shape index (κ2) is 9.25. The van der Waals surface area contributed by atoms with Gasteiger partial charge in [0.2, 0.25) is 11.6 Å². The molecule has 0 bridgehead atoms. The number of halogens is 2. The summed E-state index contributed by atoms with van der Waals surface area (Å²) in [5.41, 5.74) is 12.0. The molecule has 4 N–H and O–H groups in total. The van der Waals surface area contributed by atoms with Crippen LogP contribution in [0.1, 0.15) is 27.3 Å². The molecule has 0 fully saturated rings. The maximum Gasteiger partial charge on any atom is 0.214 e. The summed E-state index contributed by atoms with van der Waals surface area (Å²) in [4.78, 5) is 16.7. The van der Waals surface area contributed by atoms with Crippen molar-refractivity contribution in [1.82, 2.24) is 25.0 Å². The lowest BCUT2D eigenvalue weighted by molar-refractivity contribution is 0.103. The van der Waals surface area contributed by atoms with Crippen LogP contribution < -0.4 is 10.5 Å². The molecule has 6 aromatic rings. The number of nitrogens with two attached hydrogens (primary N) is 1. The van der Waals surface area contributed by atoms with Gasteiger partial charge in [0.25, 0.3) is 0 Å². The molecule has 8 nitrogen and oxygen atoms in total. The monoisotopic (exact) mass is 524 g/mol. The lowest BCUT2D eigenvalue weighted by Gasteiger charge is -2.12. The fourth-order valence-electron chi connectivity index (χ4n) is 4.62. The molecule has 194 valence electrons. The lowest BCUT2D eigenvalue weighted by atomic mass is 10.0. The number of carbonyl (C=O) groups excluding carboxylic acids is 1. The molecule has 0 saturated carbocycles. The molecule has 0 atom stereocenters. The van der Waals surface area contributed by atoms with Gasteiger partial charge in [-0.15, -0.1) is 0 Å². The van der Waals surface area contributed by atoms with Crippen molar-refractivity contribution >= 4 is 22.5 Å². The summed E-state index contributed by atoms with van der Waals surface area (Å²) < 4.78 is 34.5. The number of hydrogen-bond donors (Lipinski definition) is 3. The predicted molar refractivity (Wildman–Crippen MR) is 143 cm³/mol. The highest BCUT2D eigenvalue weighted by Crippen LogP contribution is 2.33. The van der Waals surface area contributed by atoms with Crippen molar-refractivity contribution in [2.45, 2.75) is 13.8 Å². The molecule has 0 spiro atoms. The minimum atomic E-state index is -1.07. The van der Waals surface area contributed by atoms with Crippen LogP contribution in [0.15, 0.2) is 73.1 Å². The number of anilines is 1. The summed E-state index contributed by atoms with van der Waals surface area (Å²) >= 11 is 0. The number of carbonyl (C=O) groups is 1. The first-order chi connectivity index (χ1) is 18.8. The third-order valence-electron chi connectivity index (χ3n) is 6.62. The van der Waals surface area contributed by atoms with Crippen molar-refractivity contribution in [1.29, 1.82) is 0 Å². The molecule has 0 aliphatic carbocycles. The van der Waals surface area contributed by atoms with E-state index >= 15 is 0 Å². The first-order valence-corrected chi connectivity index (χ1v) is 12.0. The van der Waals surface area contributed by atoms with Gasteiger partial charge in [-0.1, -0.05) is 18.2 Å². The number of ketones is 1. The van der Waals surface area contributed by atoms with Gasteiger partial charge < -0.3 is 15.5 Å². The minimum absolute atomic E-state index is 0.164. The number of nitrogens with one attached hydrogen (secondary N) is 2. The van der Waals surface area contributed by atoms with E-state index in [1.165, 1.54) is 23.0 Å². The van der Waals surface area contributed by atoms with Crippen molar-refractivity contribution in [2.75, 3.05) is 5.73 Å². The zero-order chi connectivity index (χ0) is 27.3. The van der Waals surface area contributed by atoms with Gasteiger partial charge in [-0.2, -0.15) is 14.6 Å². The van der Waals surface area contributed by atoms with E-state index in [4.69, 9.17) is 10.5 Å². The Balaban J connectivity index is 1.31. The summed E-state index contributed by atoms with van der Waals surface area (Å²) in [6, 6.07) is 16.3. The number of nitrogen functional groups attached to an aromatic ring is 1. The van der Waals surface area contributed by atoms with Crippen LogP contribution in [-0.4, -0.2) is 30.7 Å². The lowest BCUT2D eigenvalue weighted by Crippen LogP contribution is -2.08. The summed E-state index contributed by atoms with van der Waals surface area (Å²) in [5, 5.41) is 12.3. The van der Waals surface area contributed by atoms with Gasteiger partial charge in [-0.3, -0.25) is 9.89 Å². The van der Waals surface area contributed by atoms with E-state index in [1.807, 2.05) is 25.1 Å². The van der Waals surface area contributed by atoms with Crippen molar-refractivity contribution in [3.8, 4) is 28.3 Å². The number of H-pyrrole nitrogens is 2. The molecule has 6 rings (SSSR count). The van der Waals surface area contributed by atoms with E-state index in [-0.39, 0.29) is 22.9 Å². The maximum absolute atomic E-state index is 14.0. The Hall–Kier alpha value is -5.25. The van der Waals surface area contributed by atoms with Gasteiger partial charge in [0, 0.05) is 22.2 Å². The van der Waals surface area contributed by atoms with Gasteiger partial charge in [-0.25, -0.2) is 9.07 Å². The summed E-state index contributed by atoms with van der Waals surface area (Å²) in [6.07, 6.45) is 3.18. The average molecular weight is 525 g/mol. The first kappa shape index (κ1) is 24.1. The molecule has 10 heteroatoms. The zero-order valence-corrected chi connectivity index (χ0v) is 20.9. The molecule has 0 aliphatic rings. The number of nitrogens with zero attached hydrogens (tertiary/aromatic N) is 3. The standard InChI is InChI=1S/C29H22F2N6O2/c1-15-11-17(39-26-8-4-6-22(30)27(26)31)9-10-25(15)37-29(32)21(14-34-37)28(38)24-12-19-18(5-3-7-23(19)35-24)20-13-33-36-16(20)2/h3-14,35H,32H2,1-2H3,(H,33,36). The fraction of sp³-hybridized carbons (Fsp3) is 0.0690. The molecule has 3 aromatic carbocycles. The Morgan fingerprint density at radius 1 is 1.00 bits per heavy atom. The van der Waals surface area contributed by atoms with Crippen LogP contribution in [0.2, 0.25) is 0 Å². The molecule has 0 radical (unpaired) electrons. The van der Waals surface area contributed by atoms with Crippen LogP contribution in [0.25, 0.3) is 27.7 Å². The van der Waals surface area contributed by atoms with Gasteiger partial charge >= 0.3 is 0 Å². The summed E-state index contributed by atoms with van der Waals surface area (Å²) in [7, 11) is 0. The second-order valence-electron chi connectivity index (χ2n) is 9.15. The number of hydrogen-bond acceptors (Lipinski definition) is 5. The highest BCUT2D eigenvalue weighted by atomic mass is 19.2. The number of ether oxygens (including phenoxy) is 1. The Morgan fingerprint density at radius 2 is 1.82 bits per heavy atom. The topological polar surface area (TPSA) is 115 Å². The Bertz CT molecular complexity index is 1880. The normalized spacial score (nSPS) is 11.3. The zero-order valence-electron chi connectivity index (χ0n) is 20.9. The second-order valence-corrected chi connectivity index (χ2v) is 9.15. The van der Waals surface area contributed by atoms with Crippen LogP contribution in [0.4, 0.5) is 14.6 Å². The number of benzene rings is 3. The molecule has 0 saturated heterocycles. The van der Waals surface area contributed by atoms with Crippen LogP contribution in [0.5, 0.6) is 11.5 Å². The van der Waals surface area contributed by atoms with Crippen molar-refractivity contribution < 1.29 is 18.3 Å². The number of fused-ring (bicyclic) bond motifs is 1. The van der Waals surface area contributed by atoms with Crippen molar-refractivity contribution in [2.24, 2.45) is 0 Å². The molecule has 3 heterocycles. The third-order valence-corrected chi connectivity index (χ3v) is 6.62. The smallest absolute Gasteiger partial charge is 0.214 e. The fourth-order valence-corrected chi connectivity index (χ4v) is 4.62. The molecular weight excluding hydrogens is 502 g/mol. The van der Waals surface area contributed by atoms with E-state index in [9.17, 15) is 13.6 Å². The quantitative estimate of drug-likeness (QED) is 0.223. The highest BCUT2D eigenvalue weighted by Gasteiger charge is 2.22. The van der Waals surface area contributed by atoms with Gasteiger partial charge in [0.05, 0.1) is 29.3 Å². The summed E-state index contributed by atoms with van der Waals surface area (Å²) in [5.74, 6) is -2.11. The van der Waals surface area contributed by atoms with Crippen molar-refractivity contribution in [3.63, 3.8) is 0 Å². The number of aromatic amines is 2. The van der Waals surface area contributed by atoms with Crippen LogP contribution in [-0.2, 0) is 0 Å². The minimum Gasteiger partial charge on any atom is -0.454 e. The number of rotatable bonds is 6. The van der Waals surface area contributed by atoms with Crippen molar-refractivity contribution in [3.05, 3.63) is 107 Å². The SMILES string of the molecule is Cc1cc(Oc2cccc(F)c2F)ccc1-n1ncc(C(=O)c2cc3c(-c4cn[nH]c4C)cccc3[nH]2)c1N. The van der Waals surface area contributed by atoms with Gasteiger partial charge in [-0.05, 0) is 67.4 Å². The van der Waals surface area contributed by atoms with E-state index in [1.54, 1.807) is 37.4 Å².